The average Bonchev–Trinajstić information content (AvgIpc) is 2.41. The molecule has 0 spiro atoms. The van der Waals surface area contributed by atoms with Crippen LogP contribution in [0.25, 0.3) is 0 Å². The minimum atomic E-state index is -3.56. The summed E-state index contributed by atoms with van der Waals surface area (Å²) in [4.78, 5) is 0.172. The van der Waals surface area contributed by atoms with Crippen molar-refractivity contribution in [3.05, 3.63) is 23.8 Å². The summed E-state index contributed by atoms with van der Waals surface area (Å²) >= 11 is 0. The van der Waals surface area contributed by atoms with Crippen LogP contribution < -0.4 is 10.5 Å². The van der Waals surface area contributed by atoms with Gasteiger partial charge in [0.05, 0.1) is 11.0 Å². The number of hydrogen-bond donors (Lipinski definition) is 3. The summed E-state index contributed by atoms with van der Waals surface area (Å²) in [6.07, 6.45) is 3.26. The Hall–Kier alpha value is -1.11. The quantitative estimate of drug-likeness (QED) is 0.733. The van der Waals surface area contributed by atoms with Gasteiger partial charge in [-0.25, -0.2) is 13.1 Å². The van der Waals surface area contributed by atoms with Gasteiger partial charge < -0.3 is 10.8 Å². The predicted octanol–water partition coefficient (Wildman–Crippen LogP) is 1.41. The van der Waals surface area contributed by atoms with Crippen LogP contribution in [-0.2, 0) is 10.0 Å². The molecule has 0 aliphatic heterocycles. The Kier molecular flexibility index (Phi) is 4.67. The van der Waals surface area contributed by atoms with Gasteiger partial charge in [-0.3, -0.25) is 0 Å². The third-order valence-electron chi connectivity index (χ3n) is 3.97. The monoisotopic (exact) mass is 298 g/mol. The van der Waals surface area contributed by atoms with E-state index in [0.717, 1.165) is 31.2 Å². The Morgan fingerprint density at radius 2 is 2.05 bits per heavy atom. The Balaban J connectivity index is 2.05. The molecule has 5 nitrogen and oxygen atoms in total. The van der Waals surface area contributed by atoms with Gasteiger partial charge in [-0.2, -0.15) is 0 Å². The van der Waals surface area contributed by atoms with Crippen molar-refractivity contribution in [2.24, 2.45) is 5.92 Å². The second-order valence-corrected chi connectivity index (χ2v) is 7.25. The molecule has 1 aromatic rings. The van der Waals surface area contributed by atoms with Crippen molar-refractivity contribution in [2.45, 2.75) is 43.6 Å². The van der Waals surface area contributed by atoms with Crippen molar-refractivity contribution in [3.8, 4) is 0 Å². The number of anilines is 1. The largest absolute Gasteiger partial charge is 0.398 e. The van der Waals surface area contributed by atoms with Crippen LogP contribution in [0.3, 0.4) is 0 Å². The second kappa shape index (κ2) is 6.11. The molecular formula is C14H22N2O3S. The molecule has 0 radical (unpaired) electrons. The summed E-state index contributed by atoms with van der Waals surface area (Å²) in [5.74, 6) is 0.00122. The van der Waals surface area contributed by atoms with Crippen LogP contribution in [-0.4, -0.2) is 26.2 Å². The van der Waals surface area contributed by atoms with Crippen molar-refractivity contribution in [1.29, 1.82) is 0 Å². The van der Waals surface area contributed by atoms with Crippen LogP contribution in [0.15, 0.2) is 23.1 Å². The fourth-order valence-electron chi connectivity index (χ4n) is 2.51. The number of nitrogens with one attached hydrogen (secondary N) is 1. The maximum Gasteiger partial charge on any atom is 0.240 e. The summed E-state index contributed by atoms with van der Waals surface area (Å²) in [7, 11) is -3.56. The van der Waals surface area contributed by atoms with E-state index < -0.39 is 16.1 Å². The lowest BCUT2D eigenvalue weighted by atomic mass is 9.87. The fourth-order valence-corrected chi connectivity index (χ4v) is 3.64. The predicted molar refractivity (Wildman–Crippen MR) is 78.7 cm³/mol. The lowest BCUT2D eigenvalue weighted by molar-refractivity contribution is 0.0724. The molecule has 0 bridgehead atoms. The Morgan fingerprint density at radius 3 is 2.70 bits per heavy atom. The van der Waals surface area contributed by atoms with E-state index in [4.69, 9.17) is 5.73 Å². The van der Waals surface area contributed by atoms with Crippen LogP contribution in [0, 0.1) is 12.8 Å². The van der Waals surface area contributed by atoms with Gasteiger partial charge in [0.25, 0.3) is 0 Å². The molecular weight excluding hydrogens is 276 g/mol. The molecule has 1 aromatic carbocycles. The summed E-state index contributed by atoms with van der Waals surface area (Å²) in [5, 5.41) is 9.86. The molecule has 112 valence electrons. The fraction of sp³-hybridized carbons (Fsp3) is 0.571. The van der Waals surface area contributed by atoms with Crippen molar-refractivity contribution in [1.82, 2.24) is 4.72 Å². The minimum Gasteiger partial charge on any atom is -0.398 e. The van der Waals surface area contributed by atoms with Crippen LogP contribution >= 0.6 is 0 Å². The van der Waals surface area contributed by atoms with E-state index in [0.29, 0.717) is 5.69 Å². The molecule has 0 amide bonds. The van der Waals surface area contributed by atoms with Gasteiger partial charge >= 0.3 is 0 Å². The summed E-state index contributed by atoms with van der Waals surface area (Å²) in [6.45, 7) is 2.11. The second-order valence-electron chi connectivity index (χ2n) is 5.48. The van der Waals surface area contributed by atoms with Gasteiger partial charge in [-0.1, -0.05) is 18.9 Å². The van der Waals surface area contributed by atoms with E-state index in [-0.39, 0.29) is 17.4 Å². The summed E-state index contributed by atoms with van der Waals surface area (Å²) in [6, 6.07) is 4.71. The molecule has 1 aliphatic rings. The van der Waals surface area contributed by atoms with E-state index in [1.807, 2.05) is 6.92 Å². The van der Waals surface area contributed by atoms with E-state index >= 15 is 0 Å². The normalized spacial score (nSPS) is 23.7. The van der Waals surface area contributed by atoms with E-state index in [1.54, 1.807) is 12.1 Å². The molecule has 1 fully saturated rings. The molecule has 2 unspecified atom stereocenters. The number of aliphatic hydroxyl groups is 1. The lowest BCUT2D eigenvalue weighted by Gasteiger charge is -2.27. The maximum absolute atomic E-state index is 12.2. The smallest absolute Gasteiger partial charge is 0.240 e. The molecule has 1 aliphatic carbocycles. The topological polar surface area (TPSA) is 92.4 Å². The Bertz CT molecular complexity index is 572. The third kappa shape index (κ3) is 3.50. The van der Waals surface area contributed by atoms with Gasteiger partial charge in [0.2, 0.25) is 10.0 Å². The van der Waals surface area contributed by atoms with Gasteiger partial charge in [-0.15, -0.1) is 0 Å². The highest BCUT2D eigenvalue weighted by Crippen LogP contribution is 2.24. The van der Waals surface area contributed by atoms with Crippen molar-refractivity contribution < 1.29 is 13.5 Å². The van der Waals surface area contributed by atoms with Crippen molar-refractivity contribution in [2.75, 3.05) is 12.3 Å². The third-order valence-corrected chi connectivity index (χ3v) is 5.39. The molecule has 6 heteroatoms. The van der Waals surface area contributed by atoms with Gasteiger partial charge in [0.15, 0.2) is 0 Å². The highest BCUT2D eigenvalue weighted by molar-refractivity contribution is 7.89. The standard InChI is InChI=1S/C14H22N2O3S/c1-10-6-7-12(8-13(10)15)20(18,19)16-9-11-4-2-3-5-14(11)17/h6-8,11,14,16-17H,2-5,9,15H2,1H3. The highest BCUT2D eigenvalue weighted by atomic mass is 32.2. The van der Waals surface area contributed by atoms with Crippen LogP contribution in [0.5, 0.6) is 0 Å². The first-order chi connectivity index (χ1) is 9.40. The summed E-state index contributed by atoms with van der Waals surface area (Å²) < 4.78 is 27.0. The molecule has 0 heterocycles. The number of aliphatic hydroxyl groups excluding tert-OH is 1. The van der Waals surface area contributed by atoms with Crippen LogP contribution in [0.1, 0.15) is 31.2 Å². The van der Waals surface area contributed by atoms with E-state index in [9.17, 15) is 13.5 Å². The number of nitrogens with two attached hydrogens (primary N) is 1. The molecule has 0 aromatic heterocycles. The molecule has 20 heavy (non-hydrogen) atoms. The number of sulfonamides is 1. The first-order valence-electron chi connectivity index (χ1n) is 6.94. The Labute approximate surface area is 120 Å². The Morgan fingerprint density at radius 1 is 1.35 bits per heavy atom. The van der Waals surface area contributed by atoms with Gasteiger partial charge in [0.1, 0.15) is 0 Å². The van der Waals surface area contributed by atoms with Gasteiger partial charge in [-0.05, 0) is 43.4 Å². The van der Waals surface area contributed by atoms with Gasteiger partial charge in [0, 0.05) is 12.2 Å². The van der Waals surface area contributed by atoms with Crippen LogP contribution in [0.4, 0.5) is 5.69 Å². The van der Waals surface area contributed by atoms with Crippen LogP contribution in [0.2, 0.25) is 0 Å². The first-order valence-corrected chi connectivity index (χ1v) is 8.42. The van der Waals surface area contributed by atoms with E-state index in [1.165, 1.54) is 6.07 Å². The zero-order chi connectivity index (χ0) is 14.8. The number of hydrogen-bond acceptors (Lipinski definition) is 4. The SMILES string of the molecule is Cc1ccc(S(=O)(=O)NCC2CCCCC2O)cc1N. The number of benzene rings is 1. The lowest BCUT2D eigenvalue weighted by Crippen LogP contribution is -2.36. The number of nitrogen functional groups attached to an aromatic ring is 1. The molecule has 4 N–H and O–H groups in total. The maximum atomic E-state index is 12.2. The zero-order valence-electron chi connectivity index (χ0n) is 11.7. The first kappa shape index (κ1) is 15.3. The minimum absolute atomic E-state index is 0.00122. The molecule has 2 rings (SSSR count). The highest BCUT2D eigenvalue weighted by Gasteiger charge is 2.25. The van der Waals surface area contributed by atoms with E-state index in [2.05, 4.69) is 4.72 Å². The zero-order valence-corrected chi connectivity index (χ0v) is 12.5. The summed E-state index contributed by atoms with van der Waals surface area (Å²) in [5.41, 5.74) is 7.06. The molecule has 1 saturated carbocycles. The molecule has 0 saturated heterocycles. The number of aryl methyl sites for hydroxylation is 1. The van der Waals surface area contributed by atoms with Crippen molar-refractivity contribution in [3.63, 3.8) is 0 Å². The average molecular weight is 298 g/mol. The van der Waals surface area contributed by atoms with Crippen molar-refractivity contribution >= 4 is 15.7 Å². The number of rotatable bonds is 4. The molecule has 2 atom stereocenters.